The minimum Gasteiger partial charge on any atom is -0.324 e. The summed E-state index contributed by atoms with van der Waals surface area (Å²) in [6.45, 7) is 1.97. The van der Waals surface area contributed by atoms with Crippen molar-refractivity contribution in [2.24, 2.45) is 10.9 Å². The highest BCUT2D eigenvalue weighted by atomic mass is 32.2. The molecule has 2 heterocycles. The van der Waals surface area contributed by atoms with Crippen LogP contribution in [0.1, 0.15) is 18.5 Å². The van der Waals surface area contributed by atoms with E-state index in [-0.39, 0.29) is 6.04 Å². The van der Waals surface area contributed by atoms with E-state index < -0.39 is 11.0 Å². The molecular formula is C24H21N5OS. The molecule has 0 radical (unpaired) electrons. The predicted octanol–water partition coefficient (Wildman–Crippen LogP) is 4.22. The van der Waals surface area contributed by atoms with Gasteiger partial charge in [-0.1, -0.05) is 54.6 Å². The van der Waals surface area contributed by atoms with Crippen LogP contribution in [0.15, 0.2) is 84.1 Å². The quantitative estimate of drug-likeness (QED) is 0.449. The van der Waals surface area contributed by atoms with E-state index in [1.807, 2.05) is 86.2 Å². The van der Waals surface area contributed by atoms with Gasteiger partial charge in [-0.3, -0.25) is 0 Å². The second-order valence-corrected chi connectivity index (χ2v) is 8.57. The van der Waals surface area contributed by atoms with E-state index in [1.165, 1.54) is 0 Å². The van der Waals surface area contributed by atoms with Crippen molar-refractivity contribution < 1.29 is 4.21 Å². The zero-order chi connectivity index (χ0) is 21.5. The summed E-state index contributed by atoms with van der Waals surface area (Å²) < 4.78 is 13.7. The molecule has 4 N–H and O–H groups in total. The lowest BCUT2D eigenvalue weighted by molar-refractivity contribution is 0.685. The first kappa shape index (κ1) is 19.6. The largest absolute Gasteiger partial charge is 0.324 e. The molecule has 0 spiro atoms. The van der Waals surface area contributed by atoms with Crippen LogP contribution in [0.3, 0.4) is 0 Å². The second-order valence-electron chi connectivity index (χ2n) is 7.53. The molecule has 5 aromatic rings. The minimum atomic E-state index is -1.56. The maximum Gasteiger partial charge on any atom is 0.162 e. The molecular weight excluding hydrogens is 406 g/mol. The summed E-state index contributed by atoms with van der Waals surface area (Å²) in [6, 6.07) is 19.7. The van der Waals surface area contributed by atoms with Gasteiger partial charge in [0.1, 0.15) is 11.0 Å². The molecule has 0 amide bonds. The number of hydrogen-bond donors (Lipinski definition) is 2. The number of aromatic nitrogens is 3. The average molecular weight is 428 g/mol. The minimum absolute atomic E-state index is 0.00115. The Labute approximate surface area is 182 Å². The van der Waals surface area contributed by atoms with E-state index in [4.69, 9.17) is 15.9 Å². The maximum absolute atomic E-state index is 12.0. The predicted molar refractivity (Wildman–Crippen MR) is 125 cm³/mol. The summed E-state index contributed by atoms with van der Waals surface area (Å²) in [5.41, 5.74) is 11.7. The molecule has 2 unspecified atom stereocenters. The van der Waals surface area contributed by atoms with Gasteiger partial charge < -0.3 is 5.73 Å². The van der Waals surface area contributed by atoms with Crippen LogP contribution in [-0.2, 0) is 11.0 Å². The standard InChI is InChI=1S/C24H21N5OS/c1-15(25)16-6-8-17(9-7-16)18-12-27-24-22(13-28-29(24)14-18)20-10-11-23(31(26)30)21-5-3-2-4-19(20)21/h2-15H,25-26H2,1H3. The summed E-state index contributed by atoms with van der Waals surface area (Å²) >= 11 is 0. The van der Waals surface area contributed by atoms with Crippen LogP contribution >= 0.6 is 0 Å². The highest BCUT2D eigenvalue weighted by Gasteiger charge is 2.15. The fourth-order valence-electron chi connectivity index (χ4n) is 3.87. The molecule has 0 saturated heterocycles. The summed E-state index contributed by atoms with van der Waals surface area (Å²) in [4.78, 5) is 5.32. The van der Waals surface area contributed by atoms with Crippen LogP contribution in [0.25, 0.3) is 38.7 Å². The van der Waals surface area contributed by atoms with Crippen molar-refractivity contribution in [3.63, 3.8) is 0 Å². The zero-order valence-corrected chi connectivity index (χ0v) is 17.7. The summed E-state index contributed by atoms with van der Waals surface area (Å²) in [5, 5.41) is 12.0. The molecule has 5 rings (SSSR count). The van der Waals surface area contributed by atoms with Crippen LogP contribution in [0.5, 0.6) is 0 Å². The molecule has 2 atom stereocenters. The van der Waals surface area contributed by atoms with Crippen LogP contribution in [-0.4, -0.2) is 18.8 Å². The first-order chi connectivity index (χ1) is 15.0. The Morgan fingerprint density at radius 1 is 0.903 bits per heavy atom. The number of nitrogens with zero attached hydrogens (tertiary/aromatic N) is 3. The number of rotatable bonds is 4. The molecule has 0 aliphatic heterocycles. The van der Waals surface area contributed by atoms with Crippen molar-refractivity contribution in [3.05, 3.63) is 84.8 Å². The molecule has 3 aromatic carbocycles. The van der Waals surface area contributed by atoms with Gasteiger partial charge in [0.15, 0.2) is 5.65 Å². The van der Waals surface area contributed by atoms with E-state index in [0.29, 0.717) is 4.90 Å². The van der Waals surface area contributed by atoms with Crippen LogP contribution in [0, 0.1) is 0 Å². The Balaban J connectivity index is 1.62. The number of fused-ring (bicyclic) bond motifs is 2. The van der Waals surface area contributed by atoms with Gasteiger partial charge in [0.2, 0.25) is 0 Å². The molecule has 0 bridgehead atoms. The monoisotopic (exact) mass is 427 g/mol. The molecule has 0 saturated carbocycles. The van der Waals surface area contributed by atoms with E-state index in [1.54, 1.807) is 4.52 Å². The van der Waals surface area contributed by atoms with Crippen molar-refractivity contribution >= 4 is 27.4 Å². The third kappa shape index (κ3) is 3.42. The van der Waals surface area contributed by atoms with Crippen molar-refractivity contribution in [1.82, 2.24) is 14.6 Å². The summed E-state index contributed by atoms with van der Waals surface area (Å²) in [7, 11) is -1.56. The van der Waals surface area contributed by atoms with Gasteiger partial charge in [0.05, 0.1) is 11.1 Å². The Kier molecular flexibility index (Phi) is 4.86. The van der Waals surface area contributed by atoms with Crippen molar-refractivity contribution in [2.45, 2.75) is 17.9 Å². The Morgan fingerprint density at radius 3 is 2.35 bits per heavy atom. The van der Waals surface area contributed by atoms with Crippen LogP contribution < -0.4 is 10.9 Å². The normalized spacial score (nSPS) is 13.5. The summed E-state index contributed by atoms with van der Waals surface area (Å²) in [6.07, 6.45) is 5.64. The van der Waals surface area contributed by atoms with E-state index >= 15 is 0 Å². The first-order valence-corrected chi connectivity index (χ1v) is 11.1. The Morgan fingerprint density at radius 2 is 1.65 bits per heavy atom. The van der Waals surface area contributed by atoms with Gasteiger partial charge in [-0.15, -0.1) is 0 Å². The zero-order valence-electron chi connectivity index (χ0n) is 16.9. The second kappa shape index (κ2) is 7.70. The lowest BCUT2D eigenvalue weighted by Crippen LogP contribution is -2.04. The van der Waals surface area contributed by atoms with E-state index in [2.05, 4.69) is 5.10 Å². The van der Waals surface area contributed by atoms with Gasteiger partial charge in [-0.2, -0.15) is 5.10 Å². The number of hydrogen-bond acceptors (Lipinski definition) is 4. The molecule has 0 aliphatic carbocycles. The first-order valence-electron chi connectivity index (χ1n) is 9.90. The Hall–Kier alpha value is -3.39. The van der Waals surface area contributed by atoms with E-state index in [0.717, 1.165) is 44.2 Å². The van der Waals surface area contributed by atoms with Crippen LogP contribution in [0.4, 0.5) is 0 Å². The van der Waals surface area contributed by atoms with E-state index in [9.17, 15) is 4.21 Å². The van der Waals surface area contributed by atoms with Crippen molar-refractivity contribution in [1.29, 1.82) is 0 Å². The highest BCUT2D eigenvalue weighted by molar-refractivity contribution is 7.83. The lowest BCUT2D eigenvalue weighted by Gasteiger charge is -2.09. The molecule has 7 heteroatoms. The maximum atomic E-state index is 12.0. The fraction of sp³-hybridized carbons (Fsp3) is 0.0833. The van der Waals surface area contributed by atoms with Crippen molar-refractivity contribution in [3.8, 4) is 22.3 Å². The molecule has 154 valence electrons. The molecule has 2 aromatic heterocycles. The summed E-state index contributed by atoms with van der Waals surface area (Å²) in [5.74, 6) is 0. The van der Waals surface area contributed by atoms with Crippen LogP contribution in [0.2, 0.25) is 0 Å². The fourth-order valence-corrected chi connectivity index (χ4v) is 4.47. The van der Waals surface area contributed by atoms with Crippen molar-refractivity contribution in [2.75, 3.05) is 0 Å². The molecule has 0 aliphatic rings. The third-order valence-corrected chi connectivity index (χ3v) is 6.31. The lowest BCUT2D eigenvalue weighted by atomic mass is 10.00. The third-order valence-electron chi connectivity index (χ3n) is 5.52. The van der Waals surface area contributed by atoms with Gasteiger partial charge in [0, 0.05) is 29.6 Å². The number of nitrogens with two attached hydrogens (primary N) is 2. The smallest absolute Gasteiger partial charge is 0.162 e. The Bertz CT molecular complexity index is 1440. The van der Waals surface area contributed by atoms with Gasteiger partial charge >= 0.3 is 0 Å². The van der Waals surface area contributed by atoms with Gasteiger partial charge in [-0.25, -0.2) is 18.8 Å². The molecule has 6 nitrogen and oxygen atoms in total. The van der Waals surface area contributed by atoms with Gasteiger partial charge in [0.25, 0.3) is 0 Å². The molecule has 31 heavy (non-hydrogen) atoms. The van der Waals surface area contributed by atoms with Gasteiger partial charge in [-0.05, 0) is 40.5 Å². The highest BCUT2D eigenvalue weighted by Crippen LogP contribution is 2.34. The average Bonchev–Trinajstić information content (AvgIpc) is 3.21. The molecule has 0 fully saturated rings. The SMILES string of the molecule is CC(N)c1ccc(-c2cnc3c(-c4ccc(S(N)=O)c5ccccc45)cnn3c2)cc1. The number of benzene rings is 3. The topological polar surface area (TPSA) is 99.3 Å².